The zero-order valence-electron chi connectivity index (χ0n) is 51.5. The topological polar surface area (TPSA) is 119 Å². The number of rotatable bonds is 24. The molecular formula is C83H66O11. The van der Waals surface area contributed by atoms with Gasteiger partial charge < -0.3 is 52.5 Å². The fourth-order valence-corrected chi connectivity index (χ4v) is 13.6. The van der Waals surface area contributed by atoms with E-state index < -0.39 is 16.9 Å². The maximum atomic E-state index is 11.0. The van der Waals surface area contributed by atoms with E-state index in [9.17, 15) is 5.11 Å². The van der Waals surface area contributed by atoms with Gasteiger partial charge in [0.05, 0.1) is 24.0 Å². The standard InChI is InChI=1S/C83H66O11/c84-59(49-85-60-33-41-68(42-34-60)91-64-25-17-55(18-26-64)82(78-13-5-1-9-74(78)75-10-2-6-14-79(75)82)57-21-29-66(30-22-57)93-70-45-37-62(38-46-70)87-51-72-53-89-72)50-86-61-35-43-69(44-36-61)92-65-27-19-56(20-28-65)83(80-15-7-3-11-76(80)77-12-4-8-16-81(77)83)58-23-31-67(32-24-58)94-71-47-39-63(40-48-71)88-52-73-54-90-73/h1-7,9-15,17-48,59,72-73,84H,8,16,49-54H2. The summed E-state index contributed by atoms with van der Waals surface area (Å²) in [6.07, 6.45) is 6.00. The van der Waals surface area contributed by atoms with Crippen LogP contribution < -0.4 is 37.9 Å². The molecule has 0 bridgehead atoms. The second kappa shape index (κ2) is 25.3. The predicted molar refractivity (Wildman–Crippen MR) is 362 cm³/mol. The van der Waals surface area contributed by atoms with Crippen LogP contribution in [0.2, 0.25) is 0 Å². The van der Waals surface area contributed by atoms with E-state index in [2.05, 4.69) is 146 Å². The fourth-order valence-electron chi connectivity index (χ4n) is 13.6. The summed E-state index contributed by atoms with van der Waals surface area (Å²) in [5.41, 5.74) is 13.5. The lowest BCUT2D eigenvalue weighted by atomic mass is 9.65. The van der Waals surface area contributed by atoms with Crippen LogP contribution in [0.5, 0.6) is 69.0 Å². The monoisotopic (exact) mass is 1240 g/mol. The molecule has 0 amide bonds. The van der Waals surface area contributed by atoms with E-state index in [1.807, 2.05) is 133 Å². The first-order chi connectivity index (χ1) is 46.4. The molecule has 94 heavy (non-hydrogen) atoms. The van der Waals surface area contributed by atoms with Crippen LogP contribution in [0.1, 0.15) is 57.3 Å². The van der Waals surface area contributed by atoms with Crippen LogP contribution in [0.25, 0.3) is 16.7 Å². The van der Waals surface area contributed by atoms with Gasteiger partial charge in [-0.1, -0.05) is 133 Å². The Morgan fingerprint density at radius 2 is 0.628 bits per heavy atom. The third-order valence-electron chi connectivity index (χ3n) is 18.1. The molecule has 2 fully saturated rings. The van der Waals surface area contributed by atoms with E-state index in [0.29, 0.717) is 47.7 Å². The highest BCUT2D eigenvalue weighted by Crippen LogP contribution is 2.59. The Bertz CT molecular complexity index is 4490. The van der Waals surface area contributed by atoms with E-state index in [1.165, 1.54) is 50.1 Å². The molecule has 16 rings (SSSR count). The highest BCUT2D eigenvalue weighted by atomic mass is 16.6. The SMILES string of the molecule is OC(COc1ccc(Oc2ccc(C3(c4ccc(Oc5ccc(OCC6CO6)cc5)cc4)C4=C(C=CCC4)c4ccccc43)cc2)cc1)COc1ccc(Oc2ccc(C3(c4ccc(Oc5ccc(OCC6CO6)cc5)cc4)c4ccccc4-c4ccccc43)cc2)cc1. The van der Waals surface area contributed by atoms with Gasteiger partial charge in [0.2, 0.25) is 0 Å². The van der Waals surface area contributed by atoms with Crippen LogP contribution in [-0.4, -0.2) is 63.1 Å². The van der Waals surface area contributed by atoms with Crippen molar-refractivity contribution >= 4 is 5.57 Å². The van der Waals surface area contributed by atoms with Crippen molar-refractivity contribution in [3.05, 3.63) is 329 Å². The molecule has 1 N–H and O–H groups in total. The minimum Gasteiger partial charge on any atom is -0.491 e. The number of fused-ring (bicyclic) bond motifs is 5. The minimum absolute atomic E-state index is 0.0358. The van der Waals surface area contributed by atoms with Gasteiger partial charge in [-0.05, 0) is 225 Å². The number of ether oxygens (including phenoxy) is 10. The zero-order chi connectivity index (χ0) is 62.8. The molecule has 0 spiro atoms. The molecule has 4 atom stereocenters. The van der Waals surface area contributed by atoms with Crippen LogP contribution in [0.3, 0.4) is 0 Å². The lowest BCUT2D eigenvalue weighted by Gasteiger charge is -2.36. The molecular weight excluding hydrogens is 1170 g/mol. The van der Waals surface area contributed by atoms with Crippen LogP contribution in [-0.2, 0) is 20.3 Å². The first-order valence-corrected chi connectivity index (χ1v) is 32.0. The molecule has 2 heterocycles. The predicted octanol–water partition coefficient (Wildman–Crippen LogP) is 18.0. The number of hydrogen-bond donors (Lipinski definition) is 1. The highest BCUT2D eigenvalue weighted by Gasteiger charge is 2.48. The normalized spacial score (nSPS) is 17.8. The van der Waals surface area contributed by atoms with Crippen LogP contribution >= 0.6 is 0 Å². The summed E-state index contributed by atoms with van der Waals surface area (Å²) >= 11 is 0. The Balaban J connectivity index is 0.538. The second-order valence-electron chi connectivity index (χ2n) is 24.2. The lowest BCUT2D eigenvalue weighted by molar-refractivity contribution is 0.0626. The molecule has 464 valence electrons. The fraction of sp³-hybridized carbons (Fsp3) is 0.157. The molecule has 11 heteroatoms. The van der Waals surface area contributed by atoms with Crippen LogP contribution in [0, 0.1) is 0 Å². The number of aliphatic hydroxyl groups excluding tert-OH is 1. The Morgan fingerprint density at radius 1 is 0.340 bits per heavy atom. The second-order valence-corrected chi connectivity index (χ2v) is 24.2. The third kappa shape index (κ3) is 11.7. The molecule has 2 aliphatic heterocycles. The maximum Gasteiger partial charge on any atom is 0.127 e. The van der Waals surface area contributed by atoms with Gasteiger partial charge in [0.25, 0.3) is 0 Å². The zero-order valence-corrected chi connectivity index (χ0v) is 51.5. The summed E-state index contributed by atoms with van der Waals surface area (Å²) in [6, 6.07) is 90.2. The van der Waals surface area contributed by atoms with Gasteiger partial charge in [0.1, 0.15) is 114 Å². The molecule has 2 saturated heterocycles. The van der Waals surface area contributed by atoms with Crippen molar-refractivity contribution in [3.63, 3.8) is 0 Å². The van der Waals surface area contributed by atoms with Gasteiger partial charge in [-0.2, -0.15) is 0 Å². The first kappa shape index (κ1) is 58.3. The average molecular weight is 1240 g/mol. The van der Waals surface area contributed by atoms with Gasteiger partial charge in [-0.25, -0.2) is 0 Å². The Kier molecular flexibility index (Phi) is 15.7. The van der Waals surface area contributed by atoms with E-state index in [-0.39, 0.29) is 25.4 Å². The molecule has 3 aliphatic carbocycles. The van der Waals surface area contributed by atoms with Crippen LogP contribution in [0.15, 0.2) is 285 Å². The Labute approximate surface area is 546 Å². The number of aliphatic hydroxyl groups is 1. The largest absolute Gasteiger partial charge is 0.491 e. The summed E-state index contributed by atoms with van der Waals surface area (Å²) in [5.74, 6) is 8.43. The molecule has 11 nitrogen and oxygen atoms in total. The van der Waals surface area contributed by atoms with Gasteiger partial charge >= 0.3 is 0 Å². The molecule has 11 aromatic carbocycles. The summed E-state index contributed by atoms with van der Waals surface area (Å²) < 4.78 is 59.7. The number of epoxide rings is 2. The van der Waals surface area contributed by atoms with Gasteiger partial charge in [-0.15, -0.1) is 0 Å². The molecule has 4 unspecified atom stereocenters. The Morgan fingerprint density at radius 3 is 0.979 bits per heavy atom. The van der Waals surface area contributed by atoms with Crippen molar-refractivity contribution in [3.8, 4) is 80.1 Å². The quantitative estimate of drug-likeness (QED) is 0.0583. The first-order valence-electron chi connectivity index (χ1n) is 32.0. The molecule has 0 radical (unpaired) electrons. The van der Waals surface area contributed by atoms with Gasteiger partial charge in [-0.3, -0.25) is 0 Å². The number of hydrogen-bond acceptors (Lipinski definition) is 11. The van der Waals surface area contributed by atoms with Crippen molar-refractivity contribution in [2.45, 2.75) is 42.0 Å². The summed E-state index contributed by atoms with van der Waals surface area (Å²) in [4.78, 5) is 0. The summed E-state index contributed by atoms with van der Waals surface area (Å²) in [7, 11) is 0. The lowest BCUT2D eigenvalue weighted by Crippen LogP contribution is -2.30. The third-order valence-corrected chi connectivity index (χ3v) is 18.1. The van der Waals surface area contributed by atoms with Crippen molar-refractivity contribution in [2.24, 2.45) is 0 Å². The minimum atomic E-state index is -0.886. The van der Waals surface area contributed by atoms with Crippen molar-refractivity contribution in [1.82, 2.24) is 0 Å². The summed E-state index contributed by atoms with van der Waals surface area (Å²) in [6.45, 7) is 2.70. The van der Waals surface area contributed by atoms with Crippen molar-refractivity contribution in [2.75, 3.05) is 39.6 Å². The average Bonchev–Trinajstić information content (AvgIpc) is 1.45. The van der Waals surface area contributed by atoms with Crippen molar-refractivity contribution < 1.29 is 52.5 Å². The molecule has 0 aromatic heterocycles. The van der Waals surface area contributed by atoms with Gasteiger partial charge in [0.15, 0.2) is 0 Å². The Hall–Kier alpha value is -10.8. The van der Waals surface area contributed by atoms with E-state index in [4.69, 9.17) is 47.4 Å². The van der Waals surface area contributed by atoms with E-state index in [0.717, 1.165) is 77.2 Å². The number of benzene rings is 11. The van der Waals surface area contributed by atoms with Crippen molar-refractivity contribution in [1.29, 1.82) is 0 Å². The van der Waals surface area contributed by atoms with Crippen LogP contribution in [0.4, 0.5) is 0 Å². The highest BCUT2D eigenvalue weighted by molar-refractivity contribution is 5.91. The van der Waals surface area contributed by atoms with E-state index >= 15 is 0 Å². The summed E-state index contributed by atoms with van der Waals surface area (Å²) in [5, 5.41) is 11.0. The molecule has 5 aliphatic rings. The van der Waals surface area contributed by atoms with Gasteiger partial charge in [0, 0.05) is 0 Å². The molecule has 11 aromatic rings. The maximum absolute atomic E-state index is 11.0. The smallest absolute Gasteiger partial charge is 0.127 e. The molecule has 0 saturated carbocycles. The van der Waals surface area contributed by atoms with E-state index in [1.54, 1.807) is 0 Å². The number of allylic oxidation sites excluding steroid dienone is 4.